The molecule has 1 aromatic rings. The summed E-state index contributed by atoms with van der Waals surface area (Å²) in [6, 6.07) is 6.17. The molecule has 0 aromatic heterocycles. The lowest BCUT2D eigenvalue weighted by molar-refractivity contribution is -0.155. The topological polar surface area (TPSA) is 45.0 Å². The van der Waals surface area contributed by atoms with Crippen LogP contribution in [0.1, 0.15) is 5.56 Å². The maximum atomic E-state index is 12.3. The van der Waals surface area contributed by atoms with Crippen molar-refractivity contribution < 1.29 is 17.9 Å². The molecular weight excluding hydrogens is 245 g/mol. The third-order valence-corrected chi connectivity index (χ3v) is 2.46. The number of benzene rings is 1. The van der Waals surface area contributed by atoms with Gasteiger partial charge in [-0.3, -0.25) is 0 Å². The molecule has 1 atom stereocenters. The van der Waals surface area contributed by atoms with E-state index in [0.717, 1.165) is 5.56 Å². The molecule has 18 heavy (non-hydrogen) atoms. The molecule has 1 rings (SSSR count). The van der Waals surface area contributed by atoms with Crippen LogP contribution in [0.15, 0.2) is 18.2 Å². The van der Waals surface area contributed by atoms with E-state index >= 15 is 0 Å². The zero-order valence-corrected chi connectivity index (χ0v) is 10.0. The van der Waals surface area contributed by atoms with Gasteiger partial charge in [-0.05, 0) is 30.7 Å². The van der Waals surface area contributed by atoms with E-state index < -0.39 is 18.6 Å². The Morgan fingerprint density at radius 2 is 2.11 bits per heavy atom. The van der Waals surface area contributed by atoms with Crippen molar-refractivity contribution >= 4 is 5.69 Å². The van der Waals surface area contributed by atoms with Gasteiger partial charge in [0.25, 0.3) is 0 Å². The first-order valence-corrected chi connectivity index (χ1v) is 5.23. The normalized spacial score (nSPS) is 12.7. The first-order chi connectivity index (χ1) is 8.38. The van der Waals surface area contributed by atoms with Crippen LogP contribution in [0.25, 0.3) is 0 Å². The molecule has 6 heteroatoms. The first-order valence-electron chi connectivity index (χ1n) is 5.23. The van der Waals surface area contributed by atoms with Gasteiger partial charge in [-0.15, -0.1) is 0 Å². The molecule has 0 aliphatic carbocycles. The third-order valence-electron chi connectivity index (χ3n) is 2.46. The minimum absolute atomic E-state index is 0.466. The maximum absolute atomic E-state index is 12.3. The van der Waals surface area contributed by atoms with E-state index in [1.807, 2.05) is 0 Å². The summed E-state index contributed by atoms with van der Waals surface area (Å²) in [6.45, 7) is 1.32. The van der Waals surface area contributed by atoms with Crippen LogP contribution in [0.2, 0.25) is 0 Å². The van der Waals surface area contributed by atoms with E-state index in [1.54, 1.807) is 25.1 Å². The van der Waals surface area contributed by atoms with Crippen LogP contribution in [0.5, 0.6) is 5.75 Å². The van der Waals surface area contributed by atoms with Crippen molar-refractivity contribution in [3.63, 3.8) is 0 Å². The average molecular weight is 258 g/mol. The summed E-state index contributed by atoms with van der Waals surface area (Å²) in [4.78, 5) is 0. The summed E-state index contributed by atoms with van der Waals surface area (Å²) in [7, 11) is 1.52. The van der Waals surface area contributed by atoms with Crippen LogP contribution >= 0.6 is 0 Å². The highest BCUT2D eigenvalue weighted by molar-refractivity contribution is 5.50. The van der Waals surface area contributed by atoms with Crippen LogP contribution in [-0.4, -0.2) is 19.8 Å². The Morgan fingerprint density at radius 1 is 1.44 bits per heavy atom. The molecule has 0 fully saturated rings. The number of aryl methyl sites for hydroxylation is 1. The molecule has 1 N–H and O–H groups in total. The Bertz CT molecular complexity index is 452. The van der Waals surface area contributed by atoms with E-state index in [0.29, 0.717) is 11.4 Å². The number of nitrogens with one attached hydrogen (secondary N) is 1. The van der Waals surface area contributed by atoms with E-state index in [1.165, 1.54) is 13.2 Å². The summed E-state index contributed by atoms with van der Waals surface area (Å²) in [5.74, 6) is -1.35. The van der Waals surface area contributed by atoms with E-state index in [2.05, 4.69) is 5.32 Å². The van der Waals surface area contributed by atoms with Gasteiger partial charge in [0.2, 0.25) is 0 Å². The lowest BCUT2D eigenvalue weighted by Gasteiger charge is -2.15. The fraction of sp³-hybridized carbons (Fsp3) is 0.417. The molecule has 3 nitrogen and oxygen atoms in total. The SMILES string of the molecule is COc1ccc(NCC(C#N)C(F)(F)F)cc1C. The number of nitrogens with zero attached hydrogens (tertiary/aromatic N) is 1. The Balaban J connectivity index is 2.70. The van der Waals surface area contributed by atoms with Gasteiger partial charge in [0, 0.05) is 12.2 Å². The highest BCUT2D eigenvalue weighted by atomic mass is 19.4. The molecule has 1 unspecified atom stereocenters. The van der Waals surface area contributed by atoms with E-state index in [9.17, 15) is 13.2 Å². The van der Waals surface area contributed by atoms with Crippen molar-refractivity contribution in [1.29, 1.82) is 5.26 Å². The Hall–Kier alpha value is -1.90. The second kappa shape index (κ2) is 5.63. The lowest BCUT2D eigenvalue weighted by Crippen LogP contribution is -2.28. The van der Waals surface area contributed by atoms with Gasteiger partial charge in [-0.2, -0.15) is 18.4 Å². The molecule has 0 aliphatic rings. The summed E-state index contributed by atoms with van der Waals surface area (Å²) in [5.41, 5.74) is 1.33. The van der Waals surface area contributed by atoms with Gasteiger partial charge in [0.1, 0.15) is 5.75 Å². The standard InChI is InChI=1S/C12H13F3N2O/c1-8-5-10(3-4-11(8)18-2)17-7-9(6-16)12(13,14)15/h3-5,9,17H,7H2,1-2H3. The number of rotatable bonds is 4. The molecule has 98 valence electrons. The maximum Gasteiger partial charge on any atom is 0.406 e. The number of hydrogen-bond acceptors (Lipinski definition) is 3. The van der Waals surface area contributed by atoms with Crippen molar-refractivity contribution in [2.24, 2.45) is 5.92 Å². The fourth-order valence-corrected chi connectivity index (χ4v) is 1.44. The number of halogens is 3. The van der Waals surface area contributed by atoms with Crippen LogP contribution in [0, 0.1) is 24.2 Å². The number of ether oxygens (including phenoxy) is 1. The Kier molecular flexibility index (Phi) is 4.43. The zero-order chi connectivity index (χ0) is 13.8. The van der Waals surface area contributed by atoms with Crippen LogP contribution in [-0.2, 0) is 0 Å². The highest BCUT2D eigenvalue weighted by Gasteiger charge is 2.39. The van der Waals surface area contributed by atoms with Crippen molar-refractivity contribution in [2.75, 3.05) is 19.0 Å². The van der Waals surface area contributed by atoms with Gasteiger partial charge in [0.05, 0.1) is 13.2 Å². The smallest absolute Gasteiger partial charge is 0.406 e. The van der Waals surface area contributed by atoms with Gasteiger partial charge in [-0.1, -0.05) is 0 Å². The van der Waals surface area contributed by atoms with Crippen molar-refractivity contribution in [1.82, 2.24) is 0 Å². The predicted octanol–water partition coefficient (Wildman–Crippen LogP) is 3.12. The van der Waals surface area contributed by atoms with Gasteiger partial charge >= 0.3 is 6.18 Å². The van der Waals surface area contributed by atoms with Crippen LogP contribution in [0.3, 0.4) is 0 Å². The summed E-state index contributed by atoms with van der Waals surface area (Å²) < 4.78 is 42.1. The fourth-order valence-electron chi connectivity index (χ4n) is 1.44. The molecule has 0 saturated heterocycles. The molecule has 0 radical (unpaired) electrons. The van der Waals surface area contributed by atoms with Gasteiger partial charge < -0.3 is 10.1 Å². The molecule has 0 aliphatic heterocycles. The Morgan fingerprint density at radius 3 is 2.56 bits per heavy atom. The molecule has 0 saturated carbocycles. The average Bonchev–Trinajstić information content (AvgIpc) is 2.28. The van der Waals surface area contributed by atoms with Crippen molar-refractivity contribution in [3.05, 3.63) is 23.8 Å². The summed E-state index contributed by atoms with van der Waals surface area (Å²) in [6.07, 6.45) is -4.51. The largest absolute Gasteiger partial charge is 0.496 e. The van der Waals surface area contributed by atoms with Crippen LogP contribution < -0.4 is 10.1 Å². The molecule has 0 spiro atoms. The summed E-state index contributed by atoms with van der Waals surface area (Å²) >= 11 is 0. The number of alkyl halides is 3. The van der Waals surface area contributed by atoms with Crippen LogP contribution in [0.4, 0.5) is 18.9 Å². The number of methoxy groups -OCH3 is 1. The molecule has 0 bridgehead atoms. The van der Waals surface area contributed by atoms with Gasteiger partial charge in [-0.25, -0.2) is 0 Å². The second-order valence-electron chi connectivity index (χ2n) is 3.79. The molecular formula is C12H13F3N2O. The molecule has 1 aromatic carbocycles. The van der Waals surface area contributed by atoms with Crippen molar-refractivity contribution in [2.45, 2.75) is 13.1 Å². The minimum Gasteiger partial charge on any atom is -0.496 e. The molecule has 0 heterocycles. The minimum atomic E-state index is -4.51. The number of nitriles is 1. The lowest BCUT2D eigenvalue weighted by atomic mass is 10.1. The number of anilines is 1. The summed E-state index contributed by atoms with van der Waals surface area (Å²) in [5, 5.41) is 11.0. The second-order valence-corrected chi connectivity index (χ2v) is 3.79. The van der Waals surface area contributed by atoms with Gasteiger partial charge in [0.15, 0.2) is 5.92 Å². The van der Waals surface area contributed by atoms with Crippen molar-refractivity contribution in [3.8, 4) is 11.8 Å². The first kappa shape index (κ1) is 14.2. The third kappa shape index (κ3) is 3.55. The van der Waals surface area contributed by atoms with E-state index in [4.69, 9.17) is 10.00 Å². The molecule has 0 amide bonds. The van der Waals surface area contributed by atoms with E-state index in [-0.39, 0.29) is 0 Å². The predicted molar refractivity (Wildman–Crippen MR) is 61.4 cm³/mol. The Labute approximate surface area is 103 Å². The quantitative estimate of drug-likeness (QED) is 0.902. The number of hydrogen-bond donors (Lipinski definition) is 1. The monoisotopic (exact) mass is 258 g/mol. The zero-order valence-electron chi connectivity index (χ0n) is 10.0. The highest BCUT2D eigenvalue weighted by Crippen LogP contribution is 2.27.